The van der Waals surface area contributed by atoms with Crippen LogP contribution in [0.4, 0.5) is 0 Å². The summed E-state index contributed by atoms with van der Waals surface area (Å²) in [4.78, 5) is 25.1. The van der Waals surface area contributed by atoms with Crippen molar-refractivity contribution in [3.8, 4) is 11.3 Å². The standard InChI is InChI=1S/C18H20ClN3O4/c1-2-7-26-11-14-9-21(10-17(23)24)18(25)16-8-15(20-22(14)16)12-3-5-13(19)6-4-12/h3-6,8,14H,2,7,9-11H2,1H3,(H,23,24). The number of fused-ring (bicyclic) bond motifs is 1. The molecule has 138 valence electrons. The molecule has 7 nitrogen and oxygen atoms in total. The number of halogens is 1. The molecule has 0 aliphatic carbocycles. The van der Waals surface area contributed by atoms with Crippen LogP contribution in [0.5, 0.6) is 0 Å². The molecular formula is C18H20ClN3O4. The molecule has 1 aliphatic rings. The van der Waals surface area contributed by atoms with Gasteiger partial charge in [0.15, 0.2) is 0 Å². The van der Waals surface area contributed by atoms with Crippen molar-refractivity contribution in [1.29, 1.82) is 0 Å². The molecule has 8 heteroatoms. The molecular weight excluding hydrogens is 358 g/mol. The van der Waals surface area contributed by atoms with Gasteiger partial charge in [0.25, 0.3) is 5.91 Å². The molecule has 3 rings (SSSR count). The van der Waals surface area contributed by atoms with Gasteiger partial charge in [-0.3, -0.25) is 14.3 Å². The van der Waals surface area contributed by atoms with Crippen LogP contribution in [-0.2, 0) is 9.53 Å². The normalized spacial score (nSPS) is 16.6. The minimum absolute atomic E-state index is 0.227. The maximum absolute atomic E-state index is 12.7. The number of nitrogens with zero attached hydrogens (tertiary/aromatic N) is 3. The molecule has 1 aromatic carbocycles. The van der Waals surface area contributed by atoms with Gasteiger partial charge in [-0.2, -0.15) is 5.10 Å². The highest BCUT2D eigenvalue weighted by Crippen LogP contribution is 2.27. The van der Waals surface area contributed by atoms with E-state index in [-0.39, 0.29) is 25.0 Å². The van der Waals surface area contributed by atoms with Crippen molar-refractivity contribution in [2.75, 3.05) is 26.3 Å². The fourth-order valence-corrected chi connectivity index (χ4v) is 3.08. The molecule has 1 aliphatic heterocycles. The maximum Gasteiger partial charge on any atom is 0.323 e. The third-order valence-electron chi connectivity index (χ3n) is 4.14. The molecule has 26 heavy (non-hydrogen) atoms. The number of ether oxygens (including phenoxy) is 1. The van der Waals surface area contributed by atoms with Gasteiger partial charge in [0.2, 0.25) is 0 Å². The Balaban J connectivity index is 1.94. The molecule has 1 aromatic heterocycles. The predicted octanol–water partition coefficient (Wildman–Crippen LogP) is 2.71. The zero-order valence-electron chi connectivity index (χ0n) is 14.4. The van der Waals surface area contributed by atoms with E-state index in [4.69, 9.17) is 21.4 Å². The Morgan fingerprint density at radius 3 is 2.77 bits per heavy atom. The Labute approximate surface area is 156 Å². The summed E-state index contributed by atoms with van der Waals surface area (Å²) in [5.74, 6) is -1.38. The zero-order chi connectivity index (χ0) is 18.7. The highest BCUT2D eigenvalue weighted by atomic mass is 35.5. The summed E-state index contributed by atoms with van der Waals surface area (Å²) in [6, 6.07) is 8.64. The number of carbonyl (C=O) groups excluding carboxylic acids is 1. The number of amides is 1. The van der Waals surface area contributed by atoms with Crippen LogP contribution >= 0.6 is 11.6 Å². The fourth-order valence-electron chi connectivity index (χ4n) is 2.96. The average molecular weight is 378 g/mol. The highest BCUT2D eigenvalue weighted by Gasteiger charge is 2.34. The third-order valence-corrected chi connectivity index (χ3v) is 4.40. The van der Waals surface area contributed by atoms with Gasteiger partial charge < -0.3 is 14.7 Å². The van der Waals surface area contributed by atoms with Crippen LogP contribution in [-0.4, -0.2) is 58.0 Å². The van der Waals surface area contributed by atoms with Gasteiger partial charge in [-0.05, 0) is 24.6 Å². The molecule has 1 amide bonds. The number of carboxylic acid groups (broad SMARTS) is 1. The number of aliphatic carboxylic acids is 1. The number of carbonyl (C=O) groups is 2. The van der Waals surface area contributed by atoms with Gasteiger partial charge in [0.05, 0.1) is 18.3 Å². The highest BCUT2D eigenvalue weighted by molar-refractivity contribution is 6.30. The summed E-state index contributed by atoms with van der Waals surface area (Å²) in [6.07, 6.45) is 0.881. The minimum Gasteiger partial charge on any atom is -0.480 e. The molecule has 0 saturated heterocycles. The number of carboxylic acids is 1. The Morgan fingerprint density at radius 1 is 1.38 bits per heavy atom. The third kappa shape index (κ3) is 3.89. The van der Waals surface area contributed by atoms with E-state index in [0.717, 1.165) is 12.0 Å². The van der Waals surface area contributed by atoms with Crippen molar-refractivity contribution in [3.63, 3.8) is 0 Å². The Bertz CT molecular complexity index is 803. The Morgan fingerprint density at radius 2 is 2.12 bits per heavy atom. The van der Waals surface area contributed by atoms with Crippen molar-refractivity contribution in [1.82, 2.24) is 14.7 Å². The monoisotopic (exact) mass is 377 g/mol. The molecule has 2 heterocycles. The summed E-state index contributed by atoms with van der Waals surface area (Å²) in [7, 11) is 0. The van der Waals surface area contributed by atoms with Gasteiger partial charge in [0.1, 0.15) is 12.2 Å². The van der Waals surface area contributed by atoms with Crippen LogP contribution < -0.4 is 0 Å². The van der Waals surface area contributed by atoms with Crippen LogP contribution in [0.15, 0.2) is 30.3 Å². The van der Waals surface area contributed by atoms with E-state index in [1.807, 2.05) is 19.1 Å². The number of hydrogen-bond donors (Lipinski definition) is 1. The van der Waals surface area contributed by atoms with E-state index in [9.17, 15) is 9.59 Å². The van der Waals surface area contributed by atoms with Crippen LogP contribution in [0.25, 0.3) is 11.3 Å². The van der Waals surface area contributed by atoms with Crippen molar-refractivity contribution in [3.05, 3.63) is 41.0 Å². The van der Waals surface area contributed by atoms with Gasteiger partial charge in [-0.25, -0.2) is 0 Å². The van der Waals surface area contributed by atoms with E-state index in [2.05, 4.69) is 5.10 Å². The van der Waals surface area contributed by atoms with Crippen LogP contribution in [0.1, 0.15) is 29.9 Å². The molecule has 1 unspecified atom stereocenters. The topological polar surface area (TPSA) is 84.7 Å². The average Bonchev–Trinajstić information content (AvgIpc) is 3.05. The number of aromatic nitrogens is 2. The van der Waals surface area contributed by atoms with Crippen LogP contribution in [0.3, 0.4) is 0 Å². The zero-order valence-corrected chi connectivity index (χ0v) is 15.1. The van der Waals surface area contributed by atoms with E-state index in [0.29, 0.717) is 29.6 Å². The lowest BCUT2D eigenvalue weighted by atomic mass is 10.1. The summed E-state index contributed by atoms with van der Waals surface area (Å²) < 4.78 is 7.29. The SMILES string of the molecule is CCCOCC1CN(CC(=O)O)C(=O)c2cc(-c3ccc(Cl)cc3)nn21. The minimum atomic E-state index is -1.04. The lowest BCUT2D eigenvalue weighted by Gasteiger charge is -2.32. The van der Waals surface area contributed by atoms with E-state index in [1.165, 1.54) is 4.90 Å². The first kappa shape index (κ1) is 18.4. The van der Waals surface area contributed by atoms with Crippen molar-refractivity contribution < 1.29 is 19.4 Å². The maximum atomic E-state index is 12.7. The van der Waals surface area contributed by atoms with E-state index < -0.39 is 5.97 Å². The molecule has 0 saturated carbocycles. The smallest absolute Gasteiger partial charge is 0.323 e. The lowest BCUT2D eigenvalue weighted by Crippen LogP contribution is -2.46. The second kappa shape index (κ2) is 7.88. The first-order chi connectivity index (χ1) is 12.5. The van der Waals surface area contributed by atoms with Gasteiger partial charge in [0, 0.05) is 23.7 Å². The fraction of sp³-hybridized carbons (Fsp3) is 0.389. The molecule has 0 spiro atoms. The molecule has 1 atom stereocenters. The molecule has 0 bridgehead atoms. The molecule has 0 fully saturated rings. The van der Waals surface area contributed by atoms with E-state index >= 15 is 0 Å². The van der Waals surface area contributed by atoms with Gasteiger partial charge in [-0.15, -0.1) is 0 Å². The van der Waals surface area contributed by atoms with E-state index in [1.54, 1.807) is 22.9 Å². The lowest BCUT2D eigenvalue weighted by molar-refractivity contribution is -0.138. The summed E-state index contributed by atoms with van der Waals surface area (Å²) in [5.41, 5.74) is 1.84. The number of hydrogen-bond acceptors (Lipinski definition) is 4. The van der Waals surface area contributed by atoms with Gasteiger partial charge >= 0.3 is 5.97 Å². The van der Waals surface area contributed by atoms with Crippen LogP contribution in [0, 0.1) is 0 Å². The summed E-state index contributed by atoms with van der Waals surface area (Å²) >= 11 is 5.93. The number of rotatable bonds is 7. The number of benzene rings is 1. The first-order valence-electron chi connectivity index (χ1n) is 8.44. The quantitative estimate of drug-likeness (QED) is 0.750. The second-order valence-electron chi connectivity index (χ2n) is 6.17. The van der Waals surface area contributed by atoms with Crippen molar-refractivity contribution >= 4 is 23.5 Å². The largest absolute Gasteiger partial charge is 0.480 e. The molecule has 2 aromatic rings. The summed E-state index contributed by atoms with van der Waals surface area (Å²) in [6.45, 7) is 2.89. The van der Waals surface area contributed by atoms with Crippen molar-refractivity contribution in [2.24, 2.45) is 0 Å². The summed E-state index contributed by atoms with van der Waals surface area (Å²) in [5, 5.41) is 14.3. The Kier molecular flexibility index (Phi) is 5.58. The predicted molar refractivity (Wildman–Crippen MR) is 96.4 cm³/mol. The second-order valence-corrected chi connectivity index (χ2v) is 6.61. The van der Waals surface area contributed by atoms with Gasteiger partial charge in [-0.1, -0.05) is 30.7 Å². The molecule has 0 radical (unpaired) electrons. The van der Waals surface area contributed by atoms with Crippen molar-refractivity contribution in [2.45, 2.75) is 19.4 Å². The van der Waals surface area contributed by atoms with Crippen LogP contribution in [0.2, 0.25) is 5.02 Å². The molecule has 1 N–H and O–H groups in total. The first-order valence-corrected chi connectivity index (χ1v) is 8.81. The Hall–Kier alpha value is -2.38.